The number of aromatic nitrogens is 1. The number of aryl methyl sites for hydroxylation is 1. The van der Waals surface area contributed by atoms with Crippen molar-refractivity contribution in [2.75, 3.05) is 49.5 Å². The second-order valence-electron chi connectivity index (χ2n) is 9.23. The van der Waals surface area contributed by atoms with Crippen molar-refractivity contribution in [3.63, 3.8) is 0 Å². The number of carbonyl (C=O) groups is 1. The van der Waals surface area contributed by atoms with E-state index in [1.54, 1.807) is 0 Å². The van der Waals surface area contributed by atoms with Crippen LogP contribution in [0, 0.1) is 6.92 Å². The van der Waals surface area contributed by atoms with Crippen LogP contribution in [0.25, 0.3) is 10.9 Å². The van der Waals surface area contributed by atoms with E-state index in [1.165, 1.54) is 29.7 Å². The molecule has 2 aliphatic rings. The zero-order chi connectivity index (χ0) is 22.8. The molecule has 3 aromatic rings. The predicted octanol–water partition coefficient (Wildman–Crippen LogP) is 4.67. The lowest BCUT2D eigenvalue weighted by molar-refractivity contribution is 0.206. The maximum Gasteiger partial charge on any atom is 0.322 e. The largest absolute Gasteiger partial charge is 0.354 e. The van der Waals surface area contributed by atoms with Crippen LogP contribution in [0.15, 0.2) is 48.5 Å². The van der Waals surface area contributed by atoms with Gasteiger partial charge >= 0.3 is 6.03 Å². The van der Waals surface area contributed by atoms with Crippen LogP contribution < -0.4 is 10.2 Å². The molecule has 172 valence electrons. The van der Waals surface area contributed by atoms with Gasteiger partial charge in [-0.3, -0.25) is 4.90 Å². The van der Waals surface area contributed by atoms with Crippen LogP contribution in [0.1, 0.15) is 30.0 Å². The van der Waals surface area contributed by atoms with Gasteiger partial charge in [0.2, 0.25) is 0 Å². The molecule has 0 spiro atoms. The molecule has 0 saturated carbocycles. The van der Waals surface area contributed by atoms with Crippen LogP contribution in [-0.2, 0) is 13.0 Å². The molecular weight excluding hydrogens is 410 g/mol. The molecule has 6 heteroatoms. The van der Waals surface area contributed by atoms with Gasteiger partial charge < -0.3 is 15.1 Å². The van der Waals surface area contributed by atoms with Crippen molar-refractivity contribution in [3.05, 3.63) is 65.2 Å². The lowest BCUT2D eigenvalue weighted by atomic mass is 10.0. The molecule has 2 amide bonds. The summed E-state index contributed by atoms with van der Waals surface area (Å²) in [5.74, 6) is 1.06. The highest BCUT2D eigenvalue weighted by molar-refractivity contribution is 5.94. The van der Waals surface area contributed by atoms with Gasteiger partial charge in [-0.15, -0.1) is 0 Å². The number of carbonyl (C=O) groups excluding carboxylic acids is 1. The van der Waals surface area contributed by atoms with Crippen LogP contribution in [0.2, 0.25) is 0 Å². The van der Waals surface area contributed by atoms with E-state index >= 15 is 0 Å². The van der Waals surface area contributed by atoms with Gasteiger partial charge in [0.05, 0.1) is 5.52 Å². The lowest BCUT2D eigenvalue weighted by Crippen LogP contribution is -2.46. The maximum atomic E-state index is 12.9. The predicted molar refractivity (Wildman–Crippen MR) is 135 cm³/mol. The Morgan fingerprint density at radius 1 is 1.00 bits per heavy atom. The summed E-state index contributed by atoms with van der Waals surface area (Å²) in [7, 11) is 0. The second-order valence-corrected chi connectivity index (χ2v) is 9.23. The lowest BCUT2D eigenvalue weighted by Gasteiger charge is -2.35. The molecule has 0 unspecified atom stereocenters. The minimum atomic E-state index is -0.0453. The highest BCUT2D eigenvalue weighted by Crippen LogP contribution is 2.27. The molecule has 1 aromatic heterocycles. The third-order valence-electron chi connectivity index (χ3n) is 6.91. The molecule has 0 radical (unpaired) electrons. The van der Waals surface area contributed by atoms with Gasteiger partial charge in [-0.05, 0) is 67.3 Å². The van der Waals surface area contributed by atoms with Crippen molar-refractivity contribution in [1.29, 1.82) is 0 Å². The molecule has 6 nitrogen and oxygen atoms in total. The molecule has 2 aromatic carbocycles. The average Bonchev–Trinajstić information content (AvgIpc) is 2.84. The minimum Gasteiger partial charge on any atom is -0.354 e. The average molecular weight is 444 g/mol. The van der Waals surface area contributed by atoms with E-state index < -0.39 is 0 Å². The van der Waals surface area contributed by atoms with E-state index in [-0.39, 0.29) is 6.03 Å². The van der Waals surface area contributed by atoms with Crippen molar-refractivity contribution in [2.24, 2.45) is 0 Å². The van der Waals surface area contributed by atoms with Crippen molar-refractivity contribution in [2.45, 2.75) is 33.2 Å². The zero-order valence-corrected chi connectivity index (χ0v) is 19.7. The molecular formula is C27H33N5O. The number of benzene rings is 2. The third-order valence-corrected chi connectivity index (χ3v) is 6.91. The molecule has 1 saturated heterocycles. The Hall–Kier alpha value is -3.12. The van der Waals surface area contributed by atoms with Crippen LogP contribution >= 0.6 is 0 Å². The molecule has 1 fully saturated rings. The topological polar surface area (TPSA) is 51.7 Å². The molecule has 2 aliphatic heterocycles. The molecule has 0 bridgehead atoms. The summed E-state index contributed by atoms with van der Waals surface area (Å²) in [6.07, 6.45) is 2.11. The highest BCUT2D eigenvalue weighted by atomic mass is 16.2. The summed E-state index contributed by atoms with van der Waals surface area (Å²) in [5, 5.41) is 4.19. The molecule has 3 heterocycles. The summed E-state index contributed by atoms with van der Waals surface area (Å²) >= 11 is 0. The first-order valence-corrected chi connectivity index (χ1v) is 12.1. The Bertz CT molecular complexity index is 1150. The molecule has 0 aliphatic carbocycles. The summed E-state index contributed by atoms with van der Waals surface area (Å²) in [6, 6.07) is 16.6. The van der Waals surface area contributed by atoms with Crippen LogP contribution in [0.4, 0.5) is 16.3 Å². The fourth-order valence-electron chi connectivity index (χ4n) is 5.00. The SMILES string of the molecule is CCCN1CCN(c2cc(C)c3cc(NC(=O)N4CCc5ccccc5C4)ccc3n2)CC1. The van der Waals surface area contributed by atoms with Gasteiger partial charge in [-0.2, -0.15) is 0 Å². The van der Waals surface area contributed by atoms with Gasteiger partial charge in [0.1, 0.15) is 5.82 Å². The highest BCUT2D eigenvalue weighted by Gasteiger charge is 2.21. The van der Waals surface area contributed by atoms with E-state index in [0.717, 1.165) is 61.6 Å². The number of hydrogen-bond donors (Lipinski definition) is 1. The van der Waals surface area contributed by atoms with Crippen molar-refractivity contribution in [1.82, 2.24) is 14.8 Å². The maximum absolute atomic E-state index is 12.9. The number of piperazine rings is 1. The summed E-state index contributed by atoms with van der Waals surface area (Å²) in [6.45, 7) is 11.2. The minimum absolute atomic E-state index is 0.0453. The summed E-state index contributed by atoms with van der Waals surface area (Å²) in [5.41, 5.74) is 5.56. The fourth-order valence-corrected chi connectivity index (χ4v) is 5.00. The standard InChI is InChI=1S/C27H33N5O/c1-3-11-30-13-15-31(16-14-30)26-17-20(2)24-18-23(8-9-25(24)29-26)28-27(33)32-12-10-21-6-4-5-7-22(21)19-32/h4-9,17-18H,3,10-16,19H2,1-2H3,(H,28,33). The molecule has 1 N–H and O–H groups in total. The molecule has 0 atom stereocenters. The Balaban J connectivity index is 1.28. The van der Waals surface area contributed by atoms with Crippen LogP contribution in [-0.4, -0.2) is 60.1 Å². The number of amides is 2. The number of hydrogen-bond acceptors (Lipinski definition) is 4. The number of anilines is 2. The Morgan fingerprint density at radius 2 is 1.79 bits per heavy atom. The second kappa shape index (κ2) is 9.40. The first-order valence-electron chi connectivity index (χ1n) is 12.1. The van der Waals surface area contributed by atoms with Gasteiger partial charge in [-0.25, -0.2) is 9.78 Å². The number of pyridine rings is 1. The fraction of sp³-hybridized carbons (Fsp3) is 0.407. The zero-order valence-electron chi connectivity index (χ0n) is 19.7. The number of urea groups is 1. The Morgan fingerprint density at radius 3 is 2.58 bits per heavy atom. The normalized spacial score (nSPS) is 16.7. The number of nitrogens with one attached hydrogen (secondary N) is 1. The van der Waals surface area contributed by atoms with Crippen molar-refractivity contribution in [3.8, 4) is 0 Å². The number of fused-ring (bicyclic) bond motifs is 2. The van der Waals surface area contributed by atoms with E-state index in [1.807, 2.05) is 23.1 Å². The van der Waals surface area contributed by atoms with Crippen molar-refractivity contribution < 1.29 is 4.79 Å². The Kier molecular flexibility index (Phi) is 6.18. The van der Waals surface area contributed by atoms with Gasteiger partial charge in [0, 0.05) is 50.3 Å². The van der Waals surface area contributed by atoms with Gasteiger partial charge in [0.15, 0.2) is 0 Å². The van der Waals surface area contributed by atoms with Crippen LogP contribution in [0.3, 0.4) is 0 Å². The van der Waals surface area contributed by atoms with Crippen molar-refractivity contribution >= 4 is 28.4 Å². The quantitative estimate of drug-likeness (QED) is 0.637. The smallest absolute Gasteiger partial charge is 0.322 e. The third kappa shape index (κ3) is 4.67. The van der Waals surface area contributed by atoms with Gasteiger partial charge in [-0.1, -0.05) is 31.2 Å². The van der Waals surface area contributed by atoms with Crippen LogP contribution in [0.5, 0.6) is 0 Å². The van der Waals surface area contributed by atoms with E-state index in [9.17, 15) is 4.79 Å². The number of nitrogens with zero attached hydrogens (tertiary/aromatic N) is 4. The van der Waals surface area contributed by atoms with E-state index in [2.05, 4.69) is 59.3 Å². The number of rotatable bonds is 4. The monoisotopic (exact) mass is 443 g/mol. The summed E-state index contributed by atoms with van der Waals surface area (Å²) < 4.78 is 0. The van der Waals surface area contributed by atoms with Gasteiger partial charge in [0.25, 0.3) is 0 Å². The molecule has 33 heavy (non-hydrogen) atoms. The first kappa shape index (κ1) is 21.7. The molecule has 5 rings (SSSR count). The van der Waals surface area contributed by atoms with E-state index in [4.69, 9.17) is 4.98 Å². The summed E-state index contributed by atoms with van der Waals surface area (Å²) in [4.78, 5) is 24.7. The Labute approximate surface area is 196 Å². The van der Waals surface area contributed by atoms with E-state index in [0.29, 0.717) is 6.54 Å². The first-order chi connectivity index (χ1) is 16.1.